The van der Waals surface area contributed by atoms with Gasteiger partial charge in [-0.25, -0.2) is 8.42 Å². The molecule has 27 heavy (non-hydrogen) atoms. The fourth-order valence-corrected chi connectivity index (χ4v) is 3.78. The molecule has 3 heterocycles. The van der Waals surface area contributed by atoms with Gasteiger partial charge in [0, 0.05) is 21.1 Å². The van der Waals surface area contributed by atoms with E-state index in [9.17, 15) is 13.2 Å². The monoisotopic (exact) mass is 392 g/mol. The molecule has 0 bridgehead atoms. The topological polar surface area (TPSA) is 129 Å². The van der Waals surface area contributed by atoms with Crippen molar-refractivity contribution in [2.24, 2.45) is 21.1 Å². The largest absolute Gasteiger partial charge is 0.318 e. The van der Waals surface area contributed by atoms with E-state index in [4.69, 9.17) is 0 Å². The van der Waals surface area contributed by atoms with E-state index in [1.54, 1.807) is 39.7 Å². The van der Waals surface area contributed by atoms with Crippen LogP contribution in [-0.2, 0) is 31.2 Å². The maximum atomic E-state index is 12.7. The summed E-state index contributed by atoms with van der Waals surface area (Å²) in [6, 6.07) is 0. The third-order valence-electron chi connectivity index (χ3n) is 4.36. The summed E-state index contributed by atoms with van der Waals surface area (Å²) in [6.45, 7) is 3.45. The van der Waals surface area contributed by atoms with Gasteiger partial charge in [0.25, 0.3) is 15.9 Å². The van der Waals surface area contributed by atoms with Crippen molar-refractivity contribution in [3.8, 4) is 0 Å². The third-order valence-corrected chi connectivity index (χ3v) is 5.83. The molecule has 0 aliphatic carbocycles. The number of carbonyl (C=O) groups is 1. The lowest BCUT2D eigenvalue weighted by molar-refractivity contribution is 0.101. The van der Waals surface area contributed by atoms with Crippen molar-refractivity contribution in [2.75, 3.05) is 10.0 Å². The summed E-state index contributed by atoms with van der Waals surface area (Å²) in [4.78, 5) is 12.7. The summed E-state index contributed by atoms with van der Waals surface area (Å²) < 4.78 is 32.2. The number of anilines is 2. The predicted octanol–water partition coefficient (Wildman–Crippen LogP) is 0.557. The Kier molecular flexibility index (Phi) is 4.51. The van der Waals surface area contributed by atoms with Gasteiger partial charge in [0.05, 0.1) is 41.4 Å². The first-order valence-electron chi connectivity index (χ1n) is 7.95. The van der Waals surface area contributed by atoms with Crippen molar-refractivity contribution in [3.63, 3.8) is 0 Å². The van der Waals surface area contributed by atoms with Crippen LogP contribution in [0.1, 0.15) is 21.9 Å². The summed E-state index contributed by atoms with van der Waals surface area (Å²) in [6.07, 6.45) is 4.06. The van der Waals surface area contributed by atoms with E-state index in [1.165, 1.54) is 28.0 Å². The summed E-state index contributed by atoms with van der Waals surface area (Å²) in [7, 11) is 1.03. The number of aromatic nitrogens is 6. The SMILES string of the molecule is Cc1c(NC(=O)c2c(NS(=O)(=O)c3cnn(C)c3C)cnn2C)cnn1C. The standard InChI is InChI=1S/C15H20N8O3S/c1-9-11(6-16-21(9)3)19-15(24)14-12(7-17-23(14)5)20-27(25,26)13-8-18-22(4)10(13)2/h6-8,20H,1-5H3,(H,19,24). The van der Waals surface area contributed by atoms with Gasteiger partial charge >= 0.3 is 0 Å². The van der Waals surface area contributed by atoms with Gasteiger partial charge in [-0.2, -0.15) is 15.3 Å². The molecule has 3 aromatic rings. The van der Waals surface area contributed by atoms with Gasteiger partial charge in [0.15, 0.2) is 0 Å². The first kappa shape index (κ1) is 18.6. The predicted molar refractivity (Wildman–Crippen MR) is 97.9 cm³/mol. The molecule has 3 rings (SSSR count). The van der Waals surface area contributed by atoms with Crippen LogP contribution in [0.4, 0.5) is 11.4 Å². The highest BCUT2D eigenvalue weighted by Gasteiger charge is 2.25. The van der Waals surface area contributed by atoms with Crippen LogP contribution < -0.4 is 10.0 Å². The fourth-order valence-electron chi connectivity index (χ4n) is 2.53. The van der Waals surface area contributed by atoms with Gasteiger partial charge in [-0.1, -0.05) is 0 Å². The number of hydrogen-bond donors (Lipinski definition) is 2. The van der Waals surface area contributed by atoms with Crippen LogP contribution in [0.5, 0.6) is 0 Å². The molecule has 3 aromatic heterocycles. The molecule has 0 aliphatic heterocycles. The average Bonchev–Trinajstić information content (AvgIpc) is 3.22. The Labute approximate surface area is 156 Å². The minimum atomic E-state index is -3.93. The molecule has 2 N–H and O–H groups in total. The van der Waals surface area contributed by atoms with Crippen molar-refractivity contribution in [3.05, 3.63) is 35.7 Å². The quantitative estimate of drug-likeness (QED) is 0.653. The number of nitrogens with zero attached hydrogens (tertiary/aromatic N) is 6. The zero-order valence-corrected chi connectivity index (χ0v) is 16.4. The summed E-state index contributed by atoms with van der Waals surface area (Å²) in [5.74, 6) is -0.508. The summed E-state index contributed by atoms with van der Waals surface area (Å²) in [5.41, 5.74) is 1.91. The Bertz CT molecular complexity index is 1120. The van der Waals surface area contributed by atoms with Crippen molar-refractivity contribution in [2.45, 2.75) is 18.7 Å². The maximum absolute atomic E-state index is 12.7. The number of carbonyl (C=O) groups excluding carboxylic acids is 1. The Balaban J connectivity index is 1.92. The normalized spacial score (nSPS) is 11.6. The minimum Gasteiger partial charge on any atom is -0.318 e. The van der Waals surface area contributed by atoms with Crippen LogP contribution in [0.3, 0.4) is 0 Å². The molecule has 0 aliphatic rings. The lowest BCUT2D eigenvalue weighted by Gasteiger charge is -2.10. The van der Waals surface area contributed by atoms with Crippen molar-refractivity contribution in [1.29, 1.82) is 0 Å². The molecular weight excluding hydrogens is 372 g/mol. The Morgan fingerprint density at radius 1 is 0.889 bits per heavy atom. The van der Waals surface area contributed by atoms with Crippen molar-refractivity contribution >= 4 is 27.3 Å². The zero-order chi connectivity index (χ0) is 19.9. The van der Waals surface area contributed by atoms with Crippen molar-refractivity contribution in [1.82, 2.24) is 29.3 Å². The van der Waals surface area contributed by atoms with E-state index in [2.05, 4.69) is 25.3 Å². The minimum absolute atomic E-state index is 0.0308. The van der Waals surface area contributed by atoms with Crippen LogP contribution in [-0.4, -0.2) is 43.7 Å². The number of amides is 1. The third kappa shape index (κ3) is 3.30. The van der Waals surface area contributed by atoms with Crippen molar-refractivity contribution < 1.29 is 13.2 Å². The van der Waals surface area contributed by atoms with Gasteiger partial charge in [-0.3, -0.25) is 23.6 Å². The molecule has 11 nitrogen and oxygen atoms in total. The van der Waals surface area contributed by atoms with E-state index in [1.807, 2.05) is 0 Å². The van der Waals surface area contributed by atoms with Crippen LogP contribution >= 0.6 is 0 Å². The van der Waals surface area contributed by atoms with Gasteiger partial charge in [-0.05, 0) is 13.8 Å². The summed E-state index contributed by atoms with van der Waals surface area (Å²) in [5, 5.41) is 14.7. The molecule has 0 atom stereocenters. The molecule has 0 radical (unpaired) electrons. The van der Waals surface area contributed by atoms with Crippen LogP contribution in [0.2, 0.25) is 0 Å². The number of sulfonamides is 1. The van der Waals surface area contributed by atoms with Crippen LogP contribution in [0.25, 0.3) is 0 Å². The lowest BCUT2D eigenvalue weighted by Crippen LogP contribution is -2.21. The van der Waals surface area contributed by atoms with E-state index in [-0.39, 0.29) is 16.3 Å². The second-order valence-electron chi connectivity index (χ2n) is 6.08. The highest BCUT2D eigenvalue weighted by atomic mass is 32.2. The molecule has 0 fully saturated rings. The number of rotatable bonds is 5. The Morgan fingerprint density at radius 2 is 1.44 bits per heavy atom. The Hall–Kier alpha value is -3.15. The summed E-state index contributed by atoms with van der Waals surface area (Å²) >= 11 is 0. The molecule has 0 saturated heterocycles. The molecule has 1 amide bonds. The molecule has 0 saturated carbocycles. The van der Waals surface area contributed by atoms with Crippen LogP contribution in [0, 0.1) is 13.8 Å². The van der Waals surface area contributed by atoms with Gasteiger partial charge < -0.3 is 5.32 Å². The van der Waals surface area contributed by atoms with Gasteiger partial charge in [0.2, 0.25) is 0 Å². The number of hydrogen-bond acceptors (Lipinski definition) is 6. The fraction of sp³-hybridized carbons (Fsp3) is 0.333. The van der Waals surface area contributed by atoms with Crippen LogP contribution in [0.15, 0.2) is 23.5 Å². The smallest absolute Gasteiger partial charge is 0.276 e. The molecule has 0 spiro atoms. The first-order chi connectivity index (χ1) is 12.6. The maximum Gasteiger partial charge on any atom is 0.276 e. The number of aryl methyl sites for hydroxylation is 3. The second kappa shape index (κ2) is 6.54. The molecule has 0 unspecified atom stereocenters. The van der Waals surface area contributed by atoms with Gasteiger partial charge in [-0.15, -0.1) is 0 Å². The van der Waals surface area contributed by atoms with E-state index >= 15 is 0 Å². The van der Waals surface area contributed by atoms with Gasteiger partial charge in [0.1, 0.15) is 10.6 Å². The average molecular weight is 392 g/mol. The first-order valence-corrected chi connectivity index (χ1v) is 9.43. The highest BCUT2D eigenvalue weighted by molar-refractivity contribution is 7.92. The second-order valence-corrected chi connectivity index (χ2v) is 7.73. The number of nitrogens with one attached hydrogen (secondary N) is 2. The molecule has 12 heteroatoms. The van der Waals surface area contributed by atoms with E-state index in [0.717, 1.165) is 5.69 Å². The van der Waals surface area contributed by atoms with E-state index < -0.39 is 15.9 Å². The zero-order valence-electron chi connectivity index (χ0n) is 15.5. The Morgan fingerprint density at radius 3 is 2.00 bits per heavy atom. The van der Waals surface area contributed by atoms with E-state index in [0.29, 0.717) is 11.4 Å². The molecule has 0 aromatic carbocycles. The lowest BCUT2D eigenvalue weighted by atomic mass is 10.3. The highest BCUT2D eigenvalue weighted by Crippen LogP contribution is 2.23. The molecular formula is C15H20N8O3S. The molecule has 144 valence electrons.